The van der Waals surface area contributed by atoms with Crippen molar-refractivity contribution in [1.82, 2.24) is 0 Å². The molecule has 0 amide bonds. The van der Waals surface area contributed by atoms with Crippen molar-refractivity contribution in [2.45, 2.75) is 18.7 Å². The van der Waals surface area contributed by atoms with Gasteiger partial charge in [-0.05, 0) is 31.0 Å². The van der Waals surface area contributed by atoms with Gasteiger partial charge in [-0.15, -0.1) is 0 Å². The van der Waals surface area contributed by atoms with Crippen molar-refractivity contribution in [2.75, 3.05) is 0 Å². The summed E-state index contributed by atoms with van der Waals surface area (Å²) in [5.74, 6) is -2.93. The van der Waals surface area contributed by atoms with Crippen LogP contribution in [0.25, 0.3) is 0 Å². The standard InChI is InChI=1S/C10H10O7S.2Ba.4H/c1-4-6(9(11)12)3-7(18(15,16)17)5(2)8(4)10(13)14;;;;;;/h3H,1-2H3,(H,11,12)(H,13,14)(H,15,16,17);;;;;;. The maximum absolute atomic E-state index is 11.1. The molecule has 10 heteroatoms. The van der Waals surface area contributed by atoms with Crippen LogP contribution >= 0.6 is 0 Å². The fourth-order valence-corrected chi connectivity index (χ4v) is 2.45. The predicted octanol–water partition coefficient (Wildman–Crippen LogP) is -0.886. The van der Waals surface area contributed by atoms with Crippen LogP contribution in [-0.4, -0.2) is 133 Å². The van der Waals surface area contributed by atoms with E-state index in [2.05, 4.69) is 0 Å². The molecule has 0 unspecified atom stereocenters. The summed E-state index contributed by atoms with van der Waals surface area (Å²) >= 11 is 0. The van der Waals surface area contributed by atoms with Crippen LogP contribution < -0.4 is 0 Å². The van der Waals surface area contributed by atoms with E-state index in [9.17, 15) is 18.0 Å². The molecule has 0 spiro atoms. The first-order chi connectivity index (χ1) is 8.07. The Kier molecular flexibility index (Phi) is 10.3. The molecule has 0 aliphatic heterocycles. The Morgan fingerprint density at radius 2 is 1.45 bits per heavy atom. The number of aromatic carboxylic acids is 2. The summed E-state index contributed by atoms with van der Waals surface area (Å²) in [6.45, 7) is 2.44. The van der Waals surface area contributed by atoms with Crippen LogP contribution in [0.3, 0.4) is 0 Å². The SMILES string of the molecule is Cc1c(C(=O)O)cc(S(=O)(=O)O)c(C)c1C(=O)O.[BaH2].[BaH2]. The summed E-state index contributed by atoms with van der Waals surface area (Å²) < 4.78 is 31.1. The topological polar surface area (TPSA) is 129 Å². The second kappa shape index (κ2) is 8.74. The Morgan fingerprint density at radius 1 is 1.00 bits per heavy atom. The second-order valence-electron chi connectivity index (χ2n) is 3.63. The first-order valence-corrected chi connectivity index (χ1v) is 6.09. The van der Waals surface area contributed by atoms with Gasteiger partial charge < -0.3 is 10.2 Å². The number of rotatable bonds is 3. The molecule has 1 rings (SSSR count). The Balaban J connectivity index is 0. The molecule has 0 saturated heterocycles. The fraction of sp³-hybridized carbons (Fsp3) is 0.200. The van der Waals surface area contributed by atoms with Crippen LogP contribution in [0.15, 0.2) is 11.0 Å². The Morgan fingerprint density at radius 3 is 1.75 bits per heavy atom. The molecule has 0 atom stereocenters. The van der Waals surface area contributed by atoms with Crippen molar-refractivity contribution >= 4 is 120 Å². The average Bonchev–Trinajstić information content (AvgIpc) is 2.13. The van der Waals surface area contributed by atoms with Crippen molar-refractivity contribution < 1.29 is 32.8 Å². The van der Waals surface area contributed by atoms with Crippen LogP contribution in [0.5, 0.6) is 0 Å². The molecule has 0 saturated carbocycles. The molecule has 0 radical (unpaired) electrons. The third kappa shape index (κ3) is 5.14. The number of carboxylic acids is 2. The molecular formula is C10H14Ba2O7S. The molecular weight excluding hydrogens is 539 g/mol. The molecule has 0 aromatic heterocycles. The summed E-state index contributed by atoms with van der Waals surface area (Å²) in [5, 5.41) is 17.9. The van der Waals surface area contributed by atoms with E-state index >= 15 is 0 Å². The summed E-state index contributed by atoms with van der Waals surface area (Å²) in [4.78, 5) is 21.2. The minimum absolute atomic E-state index is 0. The number of hydrogen-bond donors (Lipinski definition) is 3. The molecule has 1 aromatic carbocycles. The third-order valence-electron chi connectivity index (χ3n) is 2.52. The van der Waals surface area contributed by atoms with Gasteiger partial charge >= 0.3 is 110 Å². The molecule has 7 nitrogen and oxygen atoms in total. The number of benzene rings is 1. The van der Waals surface area contributed by atoms with Gasteiger partial charge in [0.2, 0.25) is 0 Å². The van der Waals surface area contributed by atoms with Crippen LogP contribution in [0.1, 0.15) is 31.8 Å². The van der Waals surface area contributed by atoms with Crippen molar-refractivity contribution in [3.63, 3.8) is 0 Å². The van der Waals surface area contributed by atoms with Crippen LogP contribution in [0.4, 0.5) is 0 Å². The fourth-order valence-electron chi connectivity index (χ4n) is 1.70. The summed E-state index contributed by atoms with van der Waals surface area (Å²) in [7, 11) is -4.69. The summed E-state index contributed by atoms with van der Waals surface area (Å²) in [6, 6.07) is 0.745. The number of carboxylic acid groups (broad SMARTS) is 2. The van der Waals surface area contributed by atoms with Crippen molar-refractivity contribution in [3.05, 3.63) is 28.3 Å². The number of hydrogen-bond acceptors (Lipinski definition) is 4. The van der Waals surface area contributed by atoms with Crippen molar-refractivity contribution in [1.29, 1.82) is 0 Å². The summed E-state index contributed by atoms with van der Waals surface area (Å²) in [6.07, 6.45) is 0. The van der Waals surface area contributed by atoms with Crippen molar-refractivity contribution in [3.8, 4) is 0 Å². The molecule has 0 fully saturated rings. The van der Waals surface area contributed by atoms with Gasteiger partial charge in [-0.25, -0.2) is 9.59 Å². The molecule has 0 aliphatic rings. The van der Waals surface area contributed by atoms with E-state index in [0.29, 0.717) is 0 Å². The monoisotopic (exact) mass is 554 g/mol. The first-order valence-electron chi connectivity index (χ1n) is 4.65. The molecule has 1 aromatic rings. The van der Waals surface area contributed by atoms with Crippen LogP contribution in [0, 0.1) is 13.8 Å². The van der Waals surface area contributed by atoms with E-state index < -0.39 is 38.1 Å². The van der Waals surface area contributed by atoms with E-state index in [4.69, 9.17) is 14.8 Å². The zero-order chi connectivity index (χ0) is 14.2. The van der Waals surface area contributed by atoms with Gasteiger partial charge in [0.05, 0.1) is 16.0 Å². The molecule has 3 N–H and O–H groups in total. The maximum atomic E-state index is 11.1. The van der Waals surface area contributed by atoms with Crippen molar-refractivity contribution in [2.24, 2.45) is 0 Å². The Bertz CT molecular complexity index is 652. The quantitative estimate of drug-likeness (QED) is 0.328. The summed E-state index contributed by atoms with van der Waals surface area (Å²) in [5.41, 5.74) is -1.19. The predicted molar refractivity (Wildman–Crippen MR) is 76.7 cm³/mol. The van der Waals surface area contributed by atoms with Gasteiger partial charge in [-0.3, -0.25) is 4.55 Å². The van der Waals surface area contributed by atoms with E-state index in [1.807, 2.05) is 0 Å². The zero-order valence-corrected chi connectivity index (χ0v) is 10.3. The van der Waals surface area contributed by atoms with E-state index in [-0.39, 0.29) is 109 Å². The van der Waals surface area contributed by atoms with Crippen LogP contribution in [-0.2, 0) is 10.1 Å². The molecule has 0 aliphatic carbocycles. The van der Waals surface area contributed by atoms with E-state index in [0.717, 1.165) is 6.07 Å². The number of carbonyl (C=O) groups is 2. The first kappa shape index (κ1) is 23.5. The van der Waals surface area contributed by atoms with Gasteiger partial charge in [0.25, 0.3) is 10.1 Å². The zero-order valence-electron chi connectivity index (χ0n) is 9.46. The molecule has 0 bridgehead atoms. The van der Waals surface area contributed by atoms with Crippen LogP contribution in [0.2, 0.25) is 0 Å². The Hall–Kier alpha value is 1.21. The van der Waals surface area contributed by atoms with Gasteiger partial charge in [-0.1, -0.05) is 0 Å². The third-order valence-corrected chi connectivity index (χ3v) is 3.50. The molecule has 106 valence electrons. The minimum atomic E-state index is -4.69. The van der Waals surface area contributed by atoms with Gasteiger partial charge in [0.15, 0.2) is 0 Å². The van der Waals surface area contributed by atoms with Gasteiger partial charge in [0.1, 0.15) is 0 Å². The Labute approximate surface area is 196 Å². The average molecular weight is 553 g/mol. The van der Waals surface area contributed by atoms with E-state index in [1.54, 1.807) is 0 Å². The van der Waals surface area contributed by atoms with Gasteiger partial charge in [-0.2, -0.15) is 8.42 Å². The molecule has 0 heterocycles. The van der Waals surface area contributed by atoms with Gasteiger partial charge in [0, 0.05) is 0 Å². The second-order valence-corrected chi connectivity index (χ2v) is 5.02. The molecule has 20 heavy (non-hydrogen) atoms. The van der Waals surface area contributed by atoms with E-state index in [1.165, 1.54) is 13.8 Å². The normalized spacial score (nSPS) is 10.2.